The first-order valence-corrected chi connectivity index (χ1v) is 15.3. The van der Waals surface area contributed by atoms with Crippen LogP contribution in [0, 0.1) is 12.7 Å². The molecule has 0 aliphatic rings. The predicted molar refractivity (Wildman–Crippen MR) is 165 cm³/mol. The van der Waals surface area contributed by atoms with Crippen LogP contribution in [0.1, 0.15) is 29.3 Å². The van der Waals surface area contributed by atoms with E-state index in [-0.39, 0.29) is 18.0 Å². The van der Waals surface area contributed by atoms with Gasteiger partial charge in [0.05, 0.1) is 28.9 Å². The van der Waals surface area contributed by atoms with Crippen molar-refractivity contribution in [2.45, 2.75) is 20.3 Å². The summed E-state index contributed by atoms with van der Waals surface area (Å²) in [4.78, 5) is 21.1. The van der Waals surface area contributed by atoms with Gasteiger partial charge >= 0.3 is 0 Å². The second-order valence-corrected chi connectivity index (χ2v) is 12.4. The lowest BCUT2D eigenvalue weighted by atomic mass is 9.96. The van der Waals surface area contributed by atoms with Crippen molar-refractivity contribution in [3.63, 3.8) is 0 Å². The average molecular weight is 582 g/mol. The molecule has 7 nitrogen and oxygen atoms in total. The number of halogens is 1. The van der Waals surface area contributed by atoms with Crippen molar-refractivity contribution in [3.05, 3.63) is 95.9 Å². The van der Waals surface area contributed by atoms with Gasteiger partial charge in [0, 0.05) is 53.1 Å². The highest BCUT2D eigenvalue weighted by atomic mass is 32.2. The maximum atomic E-state index is 13.8. The molecule has 0 saturated heterocycles. The summed E-state index contributed by atoms with van der Waals surface area (Å²) in [6.45, 7) is 3.78. The normalized spacial score (nSPS) is 11.8. The number of furan rings is 1. The summed E-state index contributed by atoms with van der Waals surface area (Å²) in [5.41, 5.74) is 6.40. The fraction of sp³-hybridized carbons (Fsp3) is 0.152. The van der Waals surface area contributed by atoms with E-state index in [4.69, 9.17) is 4.42 Å². The maximum absolute atomic E-state index is 13.8. The lowest BCUT2D eigenvalue weighted by Gasteiger charge is -2.21. The maximum Gasteiger partial charge on any atom is 0.232 e. The number of aromatic nitrogens is 2. The summed E-state index contributed by atoms with van der Waals surface area (Å²) < 4.78 is 46.8. The molecular weight excluding hydrogens is 553 g/mol. The lowest BCUT2D eigenvalue weighted by Crippen LogP contribution is -2.25. The van der Waals surface area contributed by atoms with Crippen molar-refractivity contribution in [1.82, 2.24) is 9.97 Å². The highest BCUT2D eigenvalue weighted by Gasteiger charge is 2.26. The third kappa shape index (κ3) is 4.86. The Labute approximate surface area is 242 Å². The molecule has 9 heteroatoms. The summed E-state index contributed by atoms with van der Waals surface area (Å²) in [6, 6.07) is 21.2. The van der Waals surface area contributed by atoms with E-state index in [0.29, 0.717) is 55.9 Å². The quantitative estimate of drug-likeness (QED) is 0.195. The number of nitrogens with one attached hydrogen (secondary N) is 1. The zero-order valence-electron chi connectivity index (χ0n) is 23.5. The number of ketones is 1. The second kappa shape index (κ2) is 10.3. The minimum absolute atomic E-state index is 0.0831. The minimum Gasteiger partial charge on any atom is -0.455 e. The van der Waals surface area contributed by atoms with E-state index in [1.165, 1.54) is 23.5 Å². The highest BCUT2D eigenvalue weighted by molar-refractivity contribution is 7.92. The van der Waals surface area contributed by atoms with Crippen LogP contribution in [-0.2, 0) is 10.0 Å². The van der Waals surface area contributed by atoms with Gasteiger partial charge in [-0.3, -0.25) is 14.1 Å². The van der Waals surface area contributed by atoms with Gasteiger partial charge in [-0.05, 0) is 55.0 Å². The van der Waals surface area contributed by atoms with E-state index in [2.05, 4.69) is 9.97 Å². The van der Waals surface area contributed by atoms with Crippen molar-refractivity contribution in [2.24, 2.45) is 0 Å². The molecule has 3 aromatic heterocycles. The summed E-state index contributed by atoms with van der Waals surface area (Å²) in [5, 5.41) is 1.30. The number of Topliss-reactive ketones (excluding diaryl/α,β-unsaturated/α-hetero) is 1. The summed E-state index contributed by atoms with van der Waals surface area (Å²) >= 11 is 0. The van der Waals surface area contributed by atoms with Gasteiger partial charge in [-0.15, -0.1) is 0 Å². The fourth-order valence-electron chi connectivity index (χ4n) is 5.15. The Balaban J connectivity index is 1.60. The molecule has 0 radical (unpaired) electrons. The van der Waals surface area contributed by atoms with E-state index >= 15 is 0 Å². The van der Waals surface area contributed by atoms with Gasteiger partial charge < -0.3 is 9.40 Å². The SMILES string of the molecule is CCC(=O)c1c(-c2ccc(C)cc2)oc2cc(N(C)S(C)(=O)=O)c(-c3ccnc(-c4cc5cc(F)ccc5[nH]4)c3)cc12. The molecule has 3 aromatic carbocycles. The number of rotatable bonds is 7. The molecule has 0 aliphatic heterocycles. The van der Waals surface area contributed by atoms with Crippen LogP contribution in [0.3, 0.4) is 0 Å². The Morgan fingerprint density at radius 2 is 1.76 bits per heavy atom. The number of pyridine rings is 1. The number of fused-ring (bicyclic) bond motifs is 2. The third-order valence-corrected chi connectivity index (χ3v) is 8.68. The number of nitrogens with zero attached hydrogens (tertiary/aromatic N) is 2. The number of hydrogen-bond donors (Lipinski definition) is 1. The molecule has 6 aromatic rings. The Morgan fingerprint density at radius 3 is 2.48 bits per heavy atom. The summed E-state index contributed by atoms with van der Waals surface area (Å²) in [5.74, 6) is 0.0296. The van der Waals surface area contributed by atoms with E-state index in [1.54, 1.807) is 31.3 Å². The zero-order chi connectivity index (χ0) is 29.8. The molecule has 0 unspecified atom stereocenters. The van der Waals surface area contributed by atoms with Gasteiger partial charge in [0.1, 0.15) is 17.2 Å². The summed E-state index contributed by atoms with van der Waals surface area (Å²) in [6.07, 6.45) is 3.04. The Morgan fingerprint density at radius 1 is 1.00 bits per heavy atom. The first-order chi connectivity index (χ1) is 20.0. The Bertz CT molecular complexity index is 2110. The van der Waals surface area contributed by atoms with Crippen molar-refractivity contribution in [1.29, 1.82) is 0 Å². The van der Waals surface area contributed by atoms with Crippen LogP contribution < -0.4 is 4.31 Å². The van der Waals surface area contributed by atoms with Gasteiger partial charge in [0.2, 0.25) is 10.0 Å². The predicted octanol–water partition coefficient (Wildman–Crippen LogP) is 7.75. The molecule has 0 aliphatic carbocycles. The average Bonchev–Trinajstić information content (AvgIpc) is 3.56. The van der Waals surface area contributed by atoms with E-state index in [0.717, 1.165) is 22.9 Å². The third-order valence-electron chi connectivity index (χ3n) is 7.49. The number of benzene rings is 3. The van der Waals surface area contributed by atoms with Crippen LogP contribution in [0.15, 0.2) is 83.4 Å². The first-order valence-electron chi connectivity index (χ1n) is 13.4. The highest BCUT2D eigenvalue weighted by Crippen LogP contribution is 2.42. The van der Waals surface area contributed by atoms with Crippen LogP contribution in [0.5, 0.6) is 0 Å². The molecule has 0 spiro atoms. The monoisotopic (exact) mass is 581 g/mol. The number of sulfonamides is 1. The van der Waals surface area contributed by atoms with E-state index in [1.807, 2.05) is 49.4 Å². The number of carbonyl (C=O) groups excluding carboxylic acids is 1. The van der Waals surface area contributed by atoms with Crippen molar-refractivity contribution in [2.75, 3.05) is 17.6 Å². The summed E-state index contributed by atoms with van der Waals surface area (Å²) in [7, 11) is -2.17. The Hall–Kier alpha value is -4.76. The number of H-pyrrole nitrogens is 1. The number of hydrogen-bond acceptors (Lipinski definition) is 5. The molecular formula is C33H28FN3O4S. The number of aryl methyl sites for hydroxylation is 1. The van der Waals surface area contributed by atoms with Crippen molar-refractivity contribution in [3.8, 4) is 33.8 Å². The standard InChI is InChI=1S/C33H28FN3O4S/c1-5-30(38)32-25-17-24(21-12-13-35-27(15-21)28-16-22-14-23(34)10-11-26(22)36-28)29(37(3)42(4,39)40)18-31(25)41-33(32)20-8-6-19(2)7-9-20/h6-18,36H,5H2,1-4H3. The fourth-order valence-corrected chi connectivity index (χ4v) is 5.66. The van der Waals surface area contributed by atoms with Gasteiger partial charge in [0.25, 0.3) is 0 Å². The van der Waals surface area contributed by atoms with Crippen LogP contribution in [-0.4, -0.2) is 37.5 Å². The minimum atomic E-state index is -3.65. The number of aromatic amines is 1. The number of anilines is 1. The van der Waals surface area contributed by atoms with E-state index in [9.17, 15) is 17.6 Å². The molecule has 3 heterocycles. The lowest BCUT2D eigenvalue weighted by molar-refractivity contribution is 0.0989. The van der Waals surface area contributed by atoms with Crippen molar-refractivity contribution >= 4 is 43.4 Å². The smallest absolute Gasteiger partial charge is 0.232 e. The first kappa shape index (κ1) is 27.4. The number of carbonyl (C=O) groups is 1. The molecule has 0 atom stereocenters. The van der Waals surface area contributed by atoms with Gasteiger partial charge in [-0.25, -0.2) is 12.8 Å². The molecule has 0 saturated carbocycles. The second-order valence-electron chi connectivity index (χ2n) is 10.4. The molecule has 0 fully saturated rings. The van der Waals surface area contributed by atoms with Crippen LogP contribution in [0.4, 0.5) is 10.1 Å². The molecule has 212 valence electrons. The van der Waals surface area contributed by atoms with Crippen molar-refractivity contribution < 1.29 is 22.0 Å². The van der Waals surface area contributed by atoms with Crippen LogP contribution in [0.2, 0.25) is 0 Å². The topological polar surface area (TPSA) is 96.3 Å². The molecule has 1 N–H and O–H groups in total. The molecule has 42 heavy (non-hydrogen) atoms. The Kier molecular flexibility index (Phi) is 6.69. The van der Waals surface area contributed by atoms with Crippen LogP contribution >= 0.6 is 0 Å². The van der Waals surface area contributed by atoms with Crippen LogP contribution in [0.25, 0.3) is 55.7 Å². The van der Waals surface area contributed by atoms with Gasteiger partial charge in [0.15, 0.2) is 5.78 Å². The van der Waals surface area contributed by atoms with Gasteiger partial charge in [-0.1, -0.05) is 36.8 Å². The largest absolute Gasteiger partial charge is 0.455 e. The molecule has 0 bridgehead atoms. The van der Waals surface area contributed by atoms with E-state index < -0.39 is 10.0 Å². The van der Waals surface area contributed by atoms with Gasteiger partial charge in [-0.2, -0.15) is 0 Å². The molecule has 6 rings (SSSR count). The zero-order valence-corrected chi connectivity index (χ0v) is 24.3. The molecule has 0 amide bonds.